The number of rotatable bonds is 1. The van der Waals surface area contributed by atoms with E-state index in [0.29, 0.717) is 0 Å². The van der Waals surface area contributed by atoms with E-state index in [1.54, 1.807) is 7.05 Å². The zero-order chi connectivity index (χ0) is 9.84. The SMILES string of the molecule is CNC(=O)Sc1cc(S)cc(S)c1. The van der Waals surface area contributed by atoms with E-state index in [2.05, 4.69) is 30.6 Å². The van der Waals surface area contributed by atoms with Crippen molar-refractivity contribution in [3.63, 3.8) is 0 Å². The average molecular weight is 231 g/mol. The second-order valence-corrected chi connectivity index (χ2v) is 4.40. The van der Waals surface area contributed by atoms with Gasteiger partial charge in [0, 0.05) is 21.7 Å². The predicted octanol–water partition coefficient (Wildman–Crippen LogP) is 2.70. The minimum absolute atomic E-state index is 0.0910. The van der Waals surface area contributed by atoms with E-state index in [9.17, 15) is 4.79 Å². The van der Waals surface area contributed by atoms with Gasteiger partial charge in [-0.3, -0.25) is 4.79 Å². The Kier molecular flexibility index (Phi) is 4.02. The summed E-state index contributed by atoms with van der Waals surface area (Å²) in [4.78, 5) is 13.5. The number of hydrogen-bond acceptors (Lipinski definition) is 4. The third kappa shape index (κ3) is 3.54. The van der Waals surface area contributed by atoms with Crippen LogP contribution in [0, 0.1) is 0 Å². The summed E-state index contributed by atoms with van der Waals surface area (Å²) in [6, 6.07) is 5.46. The lowest BCUT2D eigenvalue weighted by Gasteiger charge is -2.01. The standard InChI is InChI=1S/C8H9NOS3/c1-9-8(10)13-7-3-5(11)2-6(12)4-7/h2-4,11-12H,1H3,(H,9,10). The Morgan fingerprint density at radius 1 is 1.31 bits per heavy atom. The highest BCUT2D eigenvalue weighted by Gasteiger charge is 2.02. The van der Waals surface area contributed by atoms with Crippen molar-refractivity contribution in [3.05, 3.63) is 18.2 Å². The van der Waals surface area contributed by atoms with Gasteiger partial charge in [-0.05, 0) is 30.0 Å². The monoisotopic (exact) mass is 231 g/mol. The smallest absolute Gasteiger partial charge is 0.283 e. The van der Waals surface area contributed by atoms with Crippen molar-refractivity contribution in [2.24, 2.45) is 0 Å². The van der Waals surface area contributed by atoms with Crippen molar-refractivity contribution in [1.82, 2.24) is 5.32 Å². The van der Waals surface area contributed by atoms with E-state index in [4.69, 9.17) is 0 Å². The van der Waals surface area contributed by atoms with Crippen molar-refractivity contribution >= 4 is 42.3 Å². The Labute approximate surface area is 92.3 Å². The third-order valence-corrected chi connectivity index (χ3v) is 2.67. The molecule has 1 aromatic rings. The summed E-state index contributed by atoms with van der Waals surface area (Å²) in [5, 5.41) is 2.44. The zero-order valence-corrected chi connectivity index (χ0v) is 9.55. The third-order valence-electron chi connectivity index (χ3n) is 1.29. The maximum absolute atomic E-state index is 11.0. The second kappa shape index (κ2) is 4.83. The van der Waals surface area contributed by atoms with Gasteiger partial charge >= 0.3 is 0 Å². The largest absolute Gasteiger partial charge is 0.350 e. The molecule has 5 heteroatoms. The van der Waals surface area contributed by atoms with Gasteiger partial charge in [0.25, 0.3) is 5.24 Å². The molecule has 0 aromatic heterocycles. The van der Waals surface area contributed by atoms with Crippen LogP contribution >= 0.6 is 37.0 Å². The lowest BCUT2D eigenvalue weighted by Crippen LogP contribution is -2.10. The highest BCUT2D eigenvalue weighted by Crippen LogP contribution is 2.24. The number of thiol groups is 2. The van der Waals surface area contributed by atoms with Gasteiger partial charge in [0.2, 0.25) is 0 Å². The number of benzene rings is 1. The second-order valence-electron chi connectivity index (χ2n) is 2.32. The van der Waals surface area contributed by atoms with Crippen LogP contribution in [0.25, 0.3) is 0 Å². The first kappa shape index (κ1) is 10.8. The minimum atomic E-state index is -0.0910. The van der Waals surface area contributed by atoms with Gasteiger partial charge in [0.1, 0.15) is 0 Å². The van der Waals surface area contributed by atoms with Crippen LogP contribution in [0.3, 0.4) is 0 Å². The summed E-state index contributed by atoms with van der Waals surface area (Å²) in [5.74, 6) is 0. The fourth-order valence-electron chi connectivity index (χ4n) is 0.785. The van der Waals surface area contributed by atoms with Gasteiger partial charge in [0.15, 0.2) is 0 Å². The van der Waals surface area contributed by atoms with Crippen molar-refractivity contribution in [2.75, 3.05) is 7.05 Å². The number of hydrogen-bond donors (Lipinski definition) is 3. The van der Waals surface area contributed by atoms with E-state index in [-0.39, 0.29) is 5.24 Å². The van der Waals surface area contributed by atoms with Crippen LogP contribution in [0.4, 0.5) is 4.79 Å². The summed E-state index contributed by atoms with van der Waals surface area (Å²) in [6.45, 7) is 0. The molecule has 1 aromatic carbocycles. The molecular weight excluding hydrogens is 222 g/mol. The lowest BCUT2D eigenvalue weighted by atomic mass is 10.4. The highest BCUT2D eigenvalue weighted by molar-refractivity contribution is 8.13. The molecule has 0 aliphatic carbocycles. The zero-order valence-electron chi connectivity index (χ0n) is 6.94. The van der Waals surface area contributed by atoms with Crippen LogP contribution in [0.1, 0.15) is 0 Å². The van der Waals surface area contributed by atoms with Gasteiger partial charge in [-0.25, -0.2) is 0 Å². The molecule has 0 heterocycles. The molecular formula is C8H9NOS3. The molecule has 1 N–H and O–H groups in total. The summed E-state index contributed by atoms with van der Waals surface area (Å²) in [5.41, 5.74) is 0. The van der Waals surface area contributed by atoms with Crippen LogP contribution in [0.2, 0.25) is 0 Å². The maximum atomic E-state index is 11.0. The molecule has 1 rings (SSSR count). The predicted molar refractivity (Wildman–Crippen MR) is 61.3 cm³/mol. The molecule has 0 atom stereocenters. The van der Waals surface area contributed by atoms with Crippen molar-refractivity contribution in [3.8, 4) is 0 Å². The fourth-order valence-corrected chi connectivity index (χ4v) is 2.31. The Morgan fingerprint density at radius 3 is 2.31 bits per heavy atom. The number of amides is 1. The molecule has 0 spiro atoms. The normalized spacial score (nSPS) is 9.77. The van der Waals surface area contributed by atoms with E-state index in [0.717, 1.165) is 26.4 Å². The molecule has 0 bridgehead atoms. The summed E-state index contributed by atoms with van der Waals surface area (Å²) in [7, 11) is 1.60. The Bertz CT molecular complexity index is 307. The summed E-state index contributed by atoms with van der Waals surface area (Å²) >= 11 is 9.49. The lowest BCUT2D eigenvalue weighted by molar-refractivity contribution is 0.262. The molecule has 2 nitrogen and oxygen atoms in total. The van der Waals surface area contributed by atoms with Crippen LogP contribution in [-0.2, 0) is 0 Å². The van der Waals surface area contributed by atoms with Gasteiger partial charge in [0.05, 0.1) is 0 Å². The molecule has 1 amide bonds. The number of carbonyl (C=O) groups excluding carboxylic acids is 1. The summed E-state index contributed by atoms with van der Waals surface area (Å²) < 4.78 is 0. The molecule has 0 radical (unpaired) electrons. The average Bonchev–Trinajstić information content (AvgIpc) is 2.02. The highest BCUT2D eigenvalue weighted by atomic mass is 32.2. The Hall–Kier alpha value is -0.260. The minimum Gasteiger partial charge on any atom is -0.350 e. The van der Waals surface area contributed by atoms with Gasteiger partial charge in [-0.2, -0.15) is 0 Å². The molecule has 0 unspecified atom stereocenters. The first-order chi connectivity index (χ1) is 6.11. The molecule has 0 saturated heterocycles. The molecule has 0 aliphatic heterocycles. The Morgan fingerprint density at radius 2 is 1.85 bits per heavy atom. The molecule has 0 aliphatic rings. The van der Waals surface area contributed by atoms with Crippen molar-refractivity contribution < 1.29 is 4.79 Å². The van der Waals surface area contributed by atoms with E-state index in [1.165, 1.54) is 0 Å². The topological polar surface area (TPSA) is 29.1 Å². The number of nitrogens with one attached hydrogen (secondary N) is 1. The fraction of sp³-hybridized carbons (Fsp3) is 0.125. The Balaban J connectivity index is 2.83. The van der Waals surface area contributed by atoms with E-state index >= 15 is 0 Å². The van der Waals surface area contributed by atoms with Crippen molar-refractivity contribution in [1.29, 1.82) is 0 Å². The van der Waals surface area contributed by atoms with E-state index < -0.39 is 0 Å². The van der Waals surface area contributed by atoms with Crippen LogP contribution in [0.5, 0.6) is 0 Å². The maximum Gasteiger partial charge on any atom is 0.283 e. The first-order valence-electron chi connectivity index (χ1n) is 3.54. The van der Waals surface area contributed by atoms with Gasteiger partial charge in [-0.15, -0.1) is 25.3 Å². The van der Waals surface area contributed by atoms with Gasteiger partial charge < -0.3 is 5.32 Å². The van der Waals surface area contributed by atoms with Crippen LogP contribution < -0.4 is 5.32 Å². The number of thioether (sulfide) groups is 1. The quantitative estimate of drug-likeness (QED) is 0.512. The van der Waals surface area contributed by atoms with Gasteiger partial charge in [-0.1, -0.05) is 0 Å². The number of carbonyl (C=O) groups is 1. The molecule has 70 valence electrons. The van der Waals surface area contributed by atoms with Crippen LogP contribution in [0.15, 0.2) is 32.9 Å². The molecule has 0 fully saturated rings. The molecule has 13 heavy (non-hydrogen) atoms. The molecule has 0 saturated carbocycles. The summed E-state index contributed by atoms with van der Waals surface area (Å²) in [6.07, 6.45) is 0. The van der Waals surface area contributed by atoms with Crippen LogP contribution in [-0.4, -0.2) is 12.3 Å². The first-order valence-corrected chi connectivity index (χ1v) is 5.25. The van der Waals surface area contributed by atoms with E-state index in [1.807, 2.05) is 18.2 Å². The van der Waals surface area contributed by atoms with Crippen molar-refractivity contribution in [2.45, 2.75) is 14.7 Å².